The van der Waals surface area contributed by atoms with Crippen LogP contribution in [-0.2, 0) is 23.9 Å². The lowest BCUT2D eigenvalue weighted by Crippen LogP contribution is -2.55. The van der Waals surface area contributed by atoms with Gasteiger partial charge in [-0.25, -0.2) is 9.69 Å². The van der Waals surface area contributed by atoms with Crippen LogP contribution in [0.1, 0.15) is 60.3 Å². The number of hydrogen-bond donors (Lipinski definition) is 2. The molecule has 37 heavy (non-hydrogen) atoms. The van der Waals surface area contributed by atoms with Crippen LogP contribution in [0.2, 0.25) is 5.02 Å². The Morgan fingerprint density at radius 1 is 1.11 bits per heavy atom. The molecule has 0 aliphatic carbocycles. The van der Waals surface area contributed by atoms with Gasteiger partial charge < -0.3 is 15.4 Å². The molecule has 5 amide bonds. The molecule has 1 aromatic rings. The zero-order valence-electron chi connectivity index (χ0n) is 22.5. The largest absolute Gasteiger partial charge is 0.353 e. The summed E-state index contributed by atoms with van der Waals surface area (Å²) in [6.45, 7) is 8.78. The molecule has 1 aliphatic rings. The van der Waals surface area contributed by atoms with Crippen molar-refractivity contribution in [3.63, 3.8) is 0 Å². The van der Waals surface area contributed by atoms with Gasteiger partial charge in [-0.05, 0) is 31.0 Å². The van der Waals surface area contributed by atoms with E-state index in [1.54, 1.807) is 26.8 Å². The van der Waals surface area contributed by atoms with Crippen molar-refractivity contribution in [1.29, 1.82) is 0 Å². The summed E-state index contributed by atoms with van der Waals surface area (Å²) in [6.07, 6.45) is 2.12. The molecular weight excluding hydrogens is 500 g/mol. The number of Topliss-reactive ketones (excluding diaryl/α,β-unsaturated/α-hetero) is 1. The number of carbonyl (C=O) groups is 5. The summed E-state index contributed by atoms with van der Waals surface area (Å²) >= 11 is 6.31. The molecule has 0 aromatic heterocycles. The predicted molar refractivity (Wildman–Crippen MR) is 141 cm³/mol. The van der Waals surface area contributed by atoms with Gasteiger partial charge in [-0.3, -0.25) is 24.1 Å². The van der Waals surface area contributed by atoms with Gasteiger partial charge in [0.1, 0.15) is 0 Å². The average molecular weight is 537 g/mol. The minimum absolute atomic E-state index is 0.119. The number of amides is 5. The maximum Gasteiger partial charge on any atom is 0.330 e. The van der Waals surface area contributed by atoms with E-state index in [0.29, 0.717) is 17.0 Å². The Hall–Kier alpha value is -2.98. The third-order valence-electron chi connectivity index (χ3n) is 6.29. The van der Waals surface area contributed by atoms with Crippen LogP contribution < -0.4 is 10.6 Å². The molecule has 1 saturated heterocycles. The minimum Gasteiger partial charge on any atom is -0.353 e. The molecule has 3 unspecified atom stereocenters. The van der Waals surface area contributed by atoms with Crippen LogP contribution in [0.5, 0.6) is 0 Å². The van der Waals surface area contributed by atoms with Crippen molar-refractivity contribution < 1.29 is 28.7 Å². The fourth-order valence-corrected chi connectivity index (χ4v) is 4.19. The van der Waals surface area contributed by atoms with E-state index in [1.807, 2.05) is 6.92 Å². The zero-order valence-corrected chi connectivity index (χ0v) is 23.3. The number of nitrogens with zero attached hydrogens (tertiary/aromatic N) is 2. The van der Waals surface area contributed by atoms with Crippen molar-refractivity contribution in [3.8, 4) is 0 Å². The van der Waals surface area contributed by atoms with Gasteiger partial charge in [-0.15, -0.1) is 0 Å². The van der Waals surface area contributed by atoms with Crippen molar-refractivity contribution in [1.82, 2.24) is 9.80 Å². The molecule has 0 spiro atoms. The van der Waals surface area contributed by atoms with Crippen molar-refractivity contribution in [2.24, 2.45) is 11.3 Å². The number of ketones is 1. The second-order valence-electron chi connectivity index (χ2n) is 10.1. The Bertz CT molecular complexity index is 1050. The van der Waals surface area contributed by atoms with E-state index in [-0.39, 0.29) is 22.5 Å². The van der Waals surface area contributed by atoms with E-state index >= 15 is 0 Å². The van der Waals surface area contributed by atoms with Crippen molar-refractivity contribution in [3.05, 3.63) is 23.2 Å². The van der Waals surface area contributed by atoms with Crippen LogP contribution in [0, 0.1) is 11.3 Å². The number of rotatable bonds is 11. The highest BCUT2D eigenvalue weighted by atomic mass is 35.5. The molecule has 0 radical (unpaired) electrons. The first-order chi connectivity index (χ1) is 17.3. The molecule has 1 aromatic carbocycles. The number of benzene rings is 1. The number of ether oxygens (including phenoxy) is 1. The van der Waals surface area contributed by atoms with Gasteiger partial charge >= 0.3 is 6.03 Å². The SMILES string of the molecule is CCCCC(CC)C(=O)Nc1ccc(Cl)c(NC(=O)C(C(=O)C(C)(C)C)N2C(=O)C(OC)N(C)C2=O)c1. The number of methoxy groups -OCH3 is 1. The molecule has 2 N–H and O–H groups in total. The van der Waals surface area contributed by atoms with Gasteiger partial charge in [0.05, 0.1) is 10.7 Å². The van der Waals surface area contributed by atoms with Crippen molar-refractivity contribution >= 4 is 52.5 Å². The lowest BCUT2D eigenvalue weighted by atomic mass is 9.85. The first-order valence-electron chi connectivity index (χ1n) is 12.4. The van der Waals surface area contributed by atoms with Crippen molar-refractivity contribution in [2.75, 3.05) is 24.8 Å². The Balaban J connectivity index is 2.36. The summed E-state index contributed by atoms with van der Waals surface area (Å²) in [5.74, 6) is -2.66. The second kappa shape index (κ2) is 12.5. The molecule has 0 saturated carbocycles. The molecule has 0 bridgehead atoms. The number of likely N-dealkylation sites (N-methyl/N-ethyl adjacent to an activating group) is 1. The number of hydrogen-bond acceptors (Lipinski definition) is 6. The second-order valence-corrected chi connectivity index (χ2v) is 10.5. The van der Waals surface area contributed by atoms with Gasteiger partial charge in [0.2, 0.25) is 12.1 Å². The van der Waals surface area contributed by atoms with Gasteiger partial charge in [0.15, 0.2) is 11.8 Å². The number of halogens is 1. The Morgan fingerprint density at radius 2 is 1.76 bits per heavy atom. The molecule has 3 atom stereocenters. The molecule has 1 fully saturated rings. The summed E-state index contributed by atoms with van der Waals surface area (Å²) in [5.41, 5.74) is -0.529. The molecule has 10 nitrogen and oxygen atoms in total. The van der Waals surface area contributed by atoms with E-state index in [1.165, 1.54) is 26.3 Å². The summed E-state index contributed by atoms with van der Waals surface area (Å²) < 4.78 is 5.08. The number of urea groups is 1. The lowest BCUT2D eigenvalue weighted by molar-refractivity contribution is -0.148. The number of unbranched alkanes of at least 4 members (excludes halogenated alkanes) is 1. The van der Waals surface area contributed by atoms with E-state index in [0.717, 1.165) is 24.2 Å². The smallest absolute Gasteiger partial charge is 0.330 e. The number of nitrogens with one attached hydrogen (secondary N) is 2. The fourth-order valence-electron chi connectivity index (χ4n) is 4.02. The summed E-state index contributed by atoms with van der Waals surface area (Å²) in [4.78, 5) is 66.9. The highest BCUT2D eigenvalue weighted by molar-refractivity contribution is 6.34. The normalized spacial score (nSPS) is 17.6. The van der Waals surface area contributed by atoms with Crippen LogP contribution in [0.25, 0.3) is 0 Å². The highest BCUT2D eigenvalue weighted by Gasteiger charge is 2.52. The zero-order chi connectivity index (χ0) is 28.1. The van der Waals surface area contributed by atoms with E-state index in [9.17, 15) is 24.0 Å². The molecule has 2 rings (SSSR count). The molecule has 1 aliphatic heterocycles. The summed E-state index contributed by atoms with van der Waals surface area (Å²) in [5, 5.41) is 5.57. The number of carbonyl (C=O) groups excluding carboxylic acids is 5. The molecule has 1 heterocycles. The lowest BCUT2D eigenvalue weighted by Gasteiger charge is -2.29. The monoisotopic (exact) mass is 536 g/mol. The standard InChI is InChI=1S/C26H37ClN4O6/c1-8-10-11-15(9-2)21(33)28-16-12-13-17(27)18(14-16)29-22(34)19(20(32)26(3,4)5)31-23(35)24(37-7)30(6)25(31)36/h12-15,19,24H,8-11H2,1-7H3,(H,28,33)(H,29,34). The summed E-state index contributed by atoms with van der Waals surface area (Å²) in [6, 6.07) is 1.99. The quantitative estimate of drug-likeness (QED) is 0.321. The Labute approximate surface area is 223 Å². The van der Waals surface area contributed by atoms with Gasteiger partial charge in [-0.1, -0.05) is 59.1 Å². The summed E-state index contributed by atoms with van der Waals surface area (Å²) in [7, 11) is 2.60. The van der Waals surface area contributed by atoms with Crippen LogP contribution in [0.15, 0.2) is 18.2 Å². The Morgan fingerprint density at radius 3 is 2.27 bits per heavy atom. The average Bonchev–Trinajstić information content (AvgIpc) is 3.04. The van der Waals surface area contributed by atoms with E-state index in [4.69, 9.17) is 16.3 Å². The van der Waals surface area contributed by atoms with Crippen LogP contribution in [0.4, 0.5) is 16.2 Å². The highest BCUT2D eigenvalue weighted by Crippen LogP contribution is 2.30. The maximum atomic E-state index is 13.5. The first-order valence-corrected chi connectivity index (χ1v) is 12.7. The van der Waals surface area contributed by atoms with Crippen molar-refractivity contribution in [2.45, 2.75) is 72.6 Å². The van der Waals surface area contributed by atoms with E-state index < -0.39 is 41.3 Å². The van der Waals surface area contributed by atoms with Crippen LogP contribution in [-0.4, -0.2) is 65.8 Å². The number of imide groups is 1. The topological polar surface area (TPSA) is 125 Å². The molecular formula is C26H37ClN4O6. The Kier molecular flexibility index (Phi) is 10.2. The minimum atomic E-state index is -1.75. The van der Waals surface area contributed by atoms with Gasteiger partial charge in [0, 0.05) is 31.2 Å². The van der Waals surface area contributed by atoms with Gasteiger partial charge in [-0.2, -0.15) is 0 Å². The molecule has 11 heteroatoms. The third kappa shape index (κ3) is 6.87. The van der Waals surface area contributed by atoms with Crippen LogP contribution in [0.3, 0.4) is 0 Å². The van der Waals surface area contributed by atoms with Gasteiger partial charge in [0.25, 0.3) is 11.8 Å². The maximum absolute atomic E-state index is 13.5. The number of anilines is 2. The predicted octanol–water partition coefficient (Wildman–Crippen LogP) is 4.28. The van der Waals surface area contributed by atoms with Crippen LogP contribution >= 0.6 is 11.6 Å². The molecule has 204 valence electrons. The first kappa shape index (κ1) is 30.2. The fraction of sp³-hybridized carbons (Fsp3) is 0.577. The third-order valence-corrected chi connectivity index (χ3v) is 6.62. The van der Waals surface area contributed by atoms with E-state index in [2.05, 4.69) is 17.6 Å².